The highest BCUT2D eigenvalue weighted by molar-refractivity contribution is 6.07. The zero-order valence-electron chi connectivity index (χ0n) is 13.0. The van der Waals surface area contributed by atoms with Crippen LogP contribution in [0.4, 0.5) is 5.69 Å². The van der Waals surface area contributed by atoms with Gasteiger partial charge in [-0.1, -0.05) is 24.3 Å². The van der Waals surface area contributed by atoms with E-state index in [1.807, 2.05) is 12.2 Å². The molecular weight excluding hydrogens is 308 g/mol. The molecule has 3 aliphatic rings. The molecule has 0 radical (unpaired) electrons. The number of likely N-dealkylation sites (tertiary alicyclic amines) is 1. The molecule has 3 N–H and O–H groups in total. The summed E-state index contributed by atoms with van der Waals surface area (Å²) in [6, 6.07) is 5.93. The molecule has 0 aromatic heterocycles. The number of carbonyl (C=O) groups excluding carboxylic acids is 2. The van der Waals surface area contributed by atoms with Gasteiger partial charge in [0.15, 0.2) is 0 Å². The number of carboxylic acid groups (broad SMARTS) is 1. The molecule has 124 valence electrons. The Balaban J connectivity index is 1.72. The molecule has 1 heterocycles. The first-order valence-corrected chi connectivity index (χ1v) is 8.10. The van der Waals surface area contributed by atoms with Crippen LogP contribution in [0.3, 0.4) is 0 Å². The van der Waals surface area contributed by atoms with E-state index in [1.54, 1.807) is 24.3 Å². The van der Waals surface area contributed by atoms with Crippen molar-refractivity contribution in [3.63, 3.8) is 0 Å². The molecule has 1 aromatic rings. The molecule has 2 bridgehead atoms. The van der Waals surface area contributed by atoms with Gasteiger partial charge in [-0.3, -0.25) is 19.3 Å². The van der Waals surface area contributed by atoms with Gasteiger partial charge >= 0.3 is 5.97 Å². The molecule has 24 heavy (non-hydrogen) atoms. The van der Waals surface area contributed by atoms with Crippen molar-refractivity contribution >= 4 is 23.5 Å². The number of allylic oxidation sites excluding steroid dienone is 2. The summed E-state index contributed by atoms with van der Waals surface area (Å²) in [6.07, 6.45) is 4.58. The molecule has 2 amide bonds. The normalized spacial score (nSPS) is 31.6. The second kappa shape index (κ2) is 5.19. The van der Waals surface area contributed by atoms with E-state index in [9.17, 15) is 19.5 Å². The number of nitrogens with zero attached hydrogens (tertiary/aromatic N) is 1. The van der Waals surface area contributed by atoms with Crippen molar-refractivity contribution in [2.75, 3.05) is 5.73 Å². The molecule has 1 saturated carbocycles. The highest BCUT2D eigenvalue weighted by atomic mass is 16.4. The summed E-state index contributed by atoms with van der Waals surface area (Å²) in [5, 5.41) is 9.27. The topological polar surface area (TPSA) is 101 Å². The van der Waals surface area contributed by atoms with Gasteiger partial charge in [0.05, 0.1) is 24.3 Å². The van der Waals surface area contributed by atoms with Crippen LogP contribution in [-0.2, 0) is 14.4 Å². The average molecular weight is 326 g/mol. The summed E-state index contributed by atoms with van der Waals surface area (Å²) >= 11 is 0. The van der Waals surface area contributed by atoms with Gasteiger partial charge in [-0.25, -0.2) is 0 Å². The Labute approximate surface area is 138 Å². The fourth-order valence-corrected chi connectivity index (χ4v) is 4.52. The SMILES string of the molecule is Nc1cccc([C@H](CC(=O)O)N2C(=O)[C@@H]3[C@@H](C2=O)[C@H]2C=C[C@H]3C2)c1. The van der Waals surface area contributed by atoms with E-state index in [0.29, 0.717) is 11.3 Å². The number of carboxylic acids is 1. The third-order valence-electron chi connectivity index (χ3n) is 5.48. The Morgan fingerprint density at radius 1 is 1.21 bits per heavy atom. The third kappa shape index (κ3) is 2.06. The maximum absolute atomic E-state index is 12.9. The number of hydrogen-bond acceptors (Lipinski definition) is 4. The molecule has 6 nitrogen and oxygen atoms in total. The lowest BCUT2D eigenvalue weighted by molar-refractivity contribution is -0.146. The van der Waals surface area contributed by atoms with Crippen LogP contribution in [0.2, 0.25) is 0 Å². The maximum Gasteiger partial charge on any atom is 0.305 e. The Bertz CT molecular complexity index is 742. The minimum Gasteiger partial charge on any atom is -0.481 e. The molecule has 6 heteroatoms. The molecule has 2 fully saturated rings. The predicted molar refractivity (Wildman–Crippen MR) is 85.4 cm³/mol. The number of fused-ring (bicyclic) bond motifs is 5. The standard InChI is InChI=1S/C18H18N2O4/c19-12-3-1-2-9(7-12)13(8-14(21)22)20-17(23)15-10-4-5-11(6-10)16(15)18(20)24/h1-5,7,10-11,13,15-16H,6,8,19H2,(H,21,22)/t10-,11-,13-,15-,16-/m0/s1. The number of imide groups is 1. The van der Waals surface area contributed by atoms with E-state index < -0.39 is 12.0 Å². The summed E-state index contributed by atoms with van der Waals surface area (Å²) in [5.41, 5.74) is 6.85. The van der Waals surface area contributed by atoms with Crippen molar-refractivity contribution in [1.82, 2.24) is 4.90 Å². The Morgan fingerprint density at radius 2 is 1.83 bits per heavy atom. The first-order valence-electron chi connectivity index (χ1n) is 8.10. The van der Waals surface area contributed by atoms with Gasteiger partial charge in [0.25, 0.3) is 0 Å². The van der Waals surface area contributed by atoms with Crippen LogP contribution in [0.5, 0.6) is 0 Å². The van der Waals surface area contributed by atoms with Gasteiger partial charge in [-0.05, 0) is 36.0 Å². The minimum absolute atomic E-state index is 0.104. The van der Waals surface area contributed by atoms with Gasteiger partial charge in [-0.15, -0.1) is 0 Å². The number of benzene rings is 1. The average Bonchev–Trinajstić information content (AvgIpc) is 3.20. The Morgan fingerprint density at radius 3 is 2.38 bits per heavy atom. The number of rotatable bonds is 4. The summed E-state index contributed by atoms with van der Waals surface area (Å²) < 4.78 is 0. The number of hydrogen-bond donors (Lipinski definition) is 2. The van der Waals surface area contributed by atoms with E-state index in [0.717, 1.165) is 6.42 Å². The molecule has 5 atom stereocenters. The Hall–Kier alpha value is -2.63. The fourth-order valence-electron chi connectivity index (χ4n) is 4.52. The van der Waals surface area contributed by atoms with E-state index in [2.05, 4.69) is 0 Å². The lowest BCUT2D eigenvalue weighted by Gasteiger charge is -2.27. The van der Waals surface area contributed by atoms with Crippen molar-refractivity contribution < 1.29 is 19.5 Å². The number of nitrogens with two attached hydrogens (primary N) is 1. The number of carbonyl (C=O) groups is 3. The second-order valence-electron chi connectivity index (χ2n) is 6.83. The van der Waals surface area contributed by atoms with E-state index in [-0.39, 0.29) is 41.9 Å². The fraction of sp³-hybridized carbons (Fsp3) is 0.389. The number of nitrogen functional groups attached to an aromatic ring is 1. The maximum atomic E-state index is 12.9. The van der Waals surface area contributed by atoms with Crippen molar-refractivity contribution in [3.05, 3.63) is 42.0 Å². The predicted octanol–water partition coefficient (Wildman–Crippen LogP) is 1.59. The van der Waals surface area contributed by atoms with Crippen LogP contribution in [0, 0.1) is 23.7 Å². The van der Waals surface area contributed by atoms with Crippen molar-refractivity contribution in [3.8, 4) is 0 Å². The molecule has 1 aliphatic heterocycles. The quantitative estimate of drug-likeness (QED) is 0.497. The Kier molecular flexibility index (Phi) is 3.23. The van der Waals surface area contributed by atoms with Crippen molar-refractivity contribution in [2.24, 2.45) is 23.7 Å². The first-order chi connectivity index (χ1) is 11.5. The molecule has 0 spiro atoms. The van der Waals surface area contributed by atoms with Crippen LogP contribution < -0.4 is 5.73 Å². The van der Waals surface area contributed by atoms with Crippen LogP contribution in [0.25, 0.3) is 0 Å². The molecule has 4 rings (SSSR count). The summed E-state index contributed by atoms with van der Waals surface area (Å²) in [4.78, 5) is 38.3. The van der Waals surface area contributed by atoms with Crippen molar-refractivity contribution in [1.29, 1.82) is 0 Å². The molecular formula is C18H18N2O4. The van der Waals surface area contributed by atoms with Crippen LogP contribution >= 0.6 is 0 Å². The molecule has 0 unspecified atom stereocenters. The summed E-state index contributed by atoms with van der Waals surface area (Å²) in [7, 11) is 0. The van der Waals surface area contributed by atoms with Crippen LogP contribution in [-0.4, -0.2) is 27.8 Å². The largest absolute Gasteiger partial charge is 0.481 e. The van der Waals surface area contributed by atoms with E-state index in [4.69, 9.17) is 5.73 Å². The van der Waals surface area contributed by atoms with E-state index in [1.165, 1.54) is 4.90 Å². The van der Waals surface area contributed by atoms with Crippen LogP contribution in [0.15, 0.2) is 36.4 Å². The van der Waals surface area contributed by atoms with Gasteiger partial charge < -0.3 is 10.8 Å². The van der Waals surface area contributed by atoms with Gasteiger partial charge in [0.1, 0.15) is 0 Å². The van der Waals surface area contributed by atoms with Gasteiger partial charge in [0, 0.05) is 5.69 Å². The lowest BCUT2D eigenvalue weighted by atomic mass is 9.85. The number of anilines is 1. The van der Waals surface area contributed by atoms with Crippen molar-refractivity contribution in [2.45, 2.75) is 18.9 Å². The van der Waals surface area contributed by atoms with Gasteiger partial charge in [-0.2, -0.15) is 0 Å². The zero-order chi connectivity index (χ0) is 17.0. The molecule has 1 aromatic carbocycles. The number of amides is 2. The number of aliphatic carboxylic acids is 1. The third-order valence-corrected chi connectivity index (χ3v) is 5.48. The first kappa shape index (κ1) is 14.9. The van der Waals surface area contributed by atoms with Gasteiger partial charge in [0.2, 0.25) is 11.8 Å². The monoisotopic (exact) mass is 326 g/mol. The highest BCUT2D eigenvalue weighted by Crippen LogP contribution is 2.54. The molecule has 2 aliphatic carbocycles. The van der Waals surface area contributed by atoms with E-state index >= 15 is 0 Å². The summed E-state index contributed by atoms with van der Waals surface area (Å²) in [6.45, 7) is 0. The smallest absolute Gasteiger partial charge is 0.305 e. The highest BCUT2D eigenvalue weighted by Gasteiger charge is 2.60. The second-order valence-corrected chi connectivity index (χ2v) is 6.83. The lowest BCUT2D eigenvalue weighted by Crippen LogP contribution is -2.37. The minimum atomic E-state index is -1.05. The van der Waals surface area contributed by atoms with Crippen LogP contribution in [0.1, 0.15) is 24.4 Å². The summed E-state index contributed by atoms with van der Waals surface area (Å²) in [5.74, 6) is -1.98. The zero-order valence-corrected chi connectivity index (χ0v) is 13.0. The molecule has 1 saturated heterocycles.